The quantitative estimate of drug-likeness (QED) is 0.429. The maximum Gasteiger partial charge on any atom is 0.119 e. The Bertz CT molecular complexity index is 376. The van der Waals surface area contributed by atoms with Crippen LogP contribution in [-0.2, 0) is 11.3 Å². The topological polar surface area (TPSA) is 30.8 Å². The summed E-state index contributed by atoms with van der Waals surface area (Å²) in [6.45, 7) is 4.73. The van der Waals surface area contributed by atoms with Crippen LogP contribution in [0.2, 0.25) is 0 Å². The minimum Gasteiger partial charge on any atom is -0.490 e. The summed E-state index contributed by atoms with van der Waals surface area (Å²) in [5, 5.41) is 3.69. The first-order valence-electron chi connectivity index (χ1n) is 5.62. The molecular weight excluding hydrogens is 214 g/mol. The number of benzene rings is 1. The molecule has 0 radical (unpaired) electrons. The molecule has 1 rings (SSSR count). The second-order valence-corrected chi connectivity index (χ2v) is 3.91. The zero-order valence-electron chi connectivity index (χ0n) is 10.6. The van der Waals surface area contributed by atoms with Crippen LogP contribution in [-0.4, -0.2) is 19.9 Å². The lowest BCUT2D eigenvalue weighted by Gasteiger charge is -2.04. The van der Waals surface area contributed by atoms with Crippen LogP contribution in [0.15, 0.2) is 41.1 Å². The first kappa shape index (κ1) is 13.3. The molecule has 0 spiro atoms. The second kappa shape index (κ2) is 7.49. The van der Waals surface area contributed by atoms with Crippen molar-refractivity contribution in [2.45, 2.75) is 20.3 Å². The van der Waals surface area contributed by atoms with Crippen LogP contribution < -0.4 is 4.74 Å². The lowest BCUT2D eigenvalue weighted by atomic mass is 10.2. The van der Waals surface area contributed by atoms with E-state index in [-0.39, 0.29) is 0 Å². The zero-order chi connectivity index (χ0) is 12.5. The number of oxime groups is 1. The summed E-state index contributed by atoms with van der Waals surface area (Å²) in [6, 6.07) is 7.99. The van der Waals surface area contributed by atoms with Gasteiger partial charge in [-0.1, -0.05) is 22.9 Å². The Kier molecular flexibility index (Phi) is 5.86. The van der Waals surface area contributed by atoms with Crippen molar-refractivity contribution in [3.05, 3.63) is 41.5 Å². The van der Waals surface area contributed by atoms with Crippen molar-refractivity contribution >= 4 is 6.21 Å². The van der Waals surface area contributed by atoms with Crippen LogP contribution in [0.5, 0.6) is 5.75 Å². The maximum absolute atomic E-state index is 5.56. The van der Waals surface area contributed by atoms with Gasteiger partial charge in [0.1, 0.15) is 19.5 Å². The molecule has 0 fully saturated rings. The number of ether oxygens (including phenoxy) is 1. The van der Waals surface area contributed by atoms with Gasteiger partial charge in [-0.05, 0) is 37.6 Å². The number of rotatable bonds is 6. The van der Waals surface area contributed by atoms with Crippen molar-refractivity contribution in [1.82, 2.24) is 0 Å². The Balaban J connectivity index is 2.44. The van der Waals surface area contributed by atoms with Gasteiger partial charge in [0, 0.05) is 12.6 Å². The molecule has 1 aromatic carbocycles. The van der Waals surface area contributed by atoms with E-state index in [1.54, 1.807) is 6.21 Å². The summed E-state index contributed by atoms with van der Waals surface area (Å²) in [4.78, 5) is 4.60. The van der Waals surface area contributed by atoms with Crippen LogP contribution in [0, 0.1) is 0 Å². The van der Waals surface area contributed by atoms with Gasteiger partial charge in [0.05, 0.1) is 0 Å². The molecule has 0 bridgehead atoms. The molecule has 0 N–H and O–H groups in total. The van der Waals surface area contributed by atoms with Crippen LogP contribution in [0.1, 0.15) is 19.4 Å². The third-order valence-electron chi connectivity index (χ3n) is 2.17. The first-order valence-corrected chi connectivity index (χ1v) is 5.62. The molecule has 1 aromatic rings. The number of hydrogen-bond donors (Lipinski definition) is 0. The lowest BCUT2D eigenvalue weighted by molar-refractivity contribution is 0.215. The van der Waals surface area contributed by atoms with Crippen LogP contribution in [0.3, 0.4) is 0 Å². The fourth-order valence-electron chi connectivity index (χ4n) is 1.24. The van der Waals surface area contributed by atoms with Gasteiger partial charge < -0.3 is 9.57 Å². The summed E-state index contributed by atoms with van der Waals surface area (Å²) in [5.41, 5.74) is 2.44. The summed E-state index contributed by atoms with van der Waals surface area (Å²) < 4.78 is 5.56. The Morgan fingerprint density at radius 1 is 1.24 bits per heavy atom. The molecule has 3 nitrogen and oxygen atoms in total. The highest BCUT2D eigenvalue weighted by Crippen LogP contribution is 2.12. The Labute approximate surface area is 103 Å². The molecule has 0 amide bonds. The van der Waals surface area contributed by atoms with Gasteiger partial charge >= 0.3 is 0 Å². The summed E-state index contributed by atoms with van der Waals surface area (Å²) in [5.74, 6) is 0.884. The zero-order valence-corrected chi connectivity index (χ0v) is 10.6. The van der Waals surface area contributed by atoms with E-state index in [9.17, 15) is 0 Å². The predicted molar refractivity (Wildman–Crippen MR) is 70.6 cm³/mol. The van der Waals surface area contributed by atoms with E-state index in [1.807, 2.05) is 24.3 Å². The highest BCUT2D eigenvalue weighted by molar-refractivity contribution is 5.60. The predicted octanol–water partition coefficient (Wildman–Crippen LogP) is 3.21. The minimum atomic E-state index is 0.618. The van der Waals surface area contributed by atoms with Crippen molar-refractivity contribution in [2.75, 3.05) is 13.7 Å². The standard InChI is InChI=1S/C14H19NO2/c1-12(2)9-11-17-14-6-4-13(5-7-14)8-10-15-16-3/h4-7,9-10H,8,11H2,1-3H3/b15-10+. The fraction of sp³-hybridized carbons (Fsp3) is 0.357. The summed E-state index contributed by atoms with van der Waals surface area (Å²) in [6.07, 6.45) is 4.56. The number of hydrogen-bond acceptors (Lipinski definition) is 3. The molecule has 0 aliphatic carbocycles. The number of allylic oxidation sites excluding steroid dienone is 1. The molecule has 0 heterocycles. The normalized spacial score (nSPS) is 10.3. The molecular formula is C14H19NO2. The highest BCUT2D eigenvalue weighted by Gasteiger charge is 1.93. The molecule has 0 aliphatic heterocycles. The average Bonchev–Trinajstić information content (AvgIpc) is 2.31. The highest BCUT2D eigenvalue weighted by atomic mass is 16.6. The third-order valence-corrected chi connectivity index (χ3v) is 2.17. The minimum absolute atomic E-state index is 0.618. The van der Waals surface area contributed by atoms with Gasteiger partial charge in [0.25, 0.3) is 0 Å². The molecule has 17 heavy (non-hydrogen) atoms. The Morgan fingerprint density at radius 3 is 2.53 bits per heavy atom. The second-order valence-electron chi connectivity index (χ2n) is 3.91. The van der Waals surface area contributed by atoms with E-state index < -0.39 is 0 Å². The van der Waals surface area contributed by atoms with Crippen molar-refractivity contribution in [2.24, 2.45) is 5.16 Å². The van der Waals surface area contributed by atoms with Gasteiger partial charge in [-0.25, -0.2) is 0 Å². The van der Waals surface area contributed by atoms with Gasteiger partial charge in [-0.2, -0.15) is 0 Å². The van der Waals surface area contributed by atoms with Crippen molar-refractivity contribution < 1.29 is 9.57 Å². The largest absolute Gasteiger partial charge is 0.490 e. The molecule has 0 aliphatic rings. The summed E-state index contributed by atoms with van der Waals surface area (Å²) >= 11 is 0. The molecule has 0 saturated carbocycles. The smallest absolute Gasteiger partial charge is 0.119 e. The monoisotopic (exact) mass is 233 g/mol. The van der Waals surface area contributed by atoms with E-state index in [0.717, 1.165) is 12.2 Å². The van der Waals surface area contributed by atoms with Crippen molar-refractivity contribution in [3.63, 3.8) is 0 Å². The Morgan fingerprint density at radius 2 is 1.94 bits per heavy atom. The molecule has 92 valence electrons. The van der Waals surface area contributed by atoms with E-state index in [0.29, 0.717) is 6.61 Å². The number of nitrogens with zero attached hydrogens (tertiary/aromatic N) is 1. The fourth-order valence-corrected chi connectivity index (χ4v) is 1.24. The maximum atomic E-state index is 5.56. The van der Waals surface area contributed by atoms with Crippen LogP contribution in [0.25, 0.3) is 0 Å². The van der Waals surface area contributed by atoms with Crippen molar-refractivity contribution in [1.29, 1.82) is 0 Å². The molecule has 0 atom stereocenters. The molecule has 0 unspecified atom stereocenters. The molecule has 0 saturated heterocycles. The lowest BCUT2D eigenvalue weighted by Crippen LogP contribution is -1.94. The van der Waals surface area contributed by atoms with Crippen LogP contribution in [0.4, 0.5) is 0 Å². The molecule has 3 heteroatoms. The Hall–Kier alpha value is -1.77. The van der Waals surface area contributed by atoms with Gasteiger partial charge in [-0.15, -0.1) is 0 Å². The first-order chi connectivity index (χ1) is 8.22. The van der Waals surface area contributed by atoms with E-state index >= 15 is 0 Å². The van der Waals surface area contributed by atoms with Crippen molar-refractivity contribution in [3.8, 4) is 5.75 Å². The SMILES string of the molecule is CO/N=C/Cc1ccc(OCC=C(C)C)cc1. The van der Waals surface area contributed by atoms with Crippen LogP contribution >= 0.6 is 0 Å². The molecule has 0 aromatic heterocycles. The summed E-state index contributed by atoms with van der Waals surface area (Å²) in [7, 11) is 1.54. The van der Waals surface area contributed by atoms with Gasteiger partial charge in [0.15, 0.2) is 0 Å². The van der Waals surface area contributed by atoms with E-state index in [4.69, 9.17) is 4.74 Å². The van der Waals surface area contributed by atoms with E-state index in [1.165, 1.54) is 18.2 Å². The third kappa shape index (κ3) is 5.76. The van der Waals surface area contributed by atoms with Gasteiger partial charge in [0.2, 0.25) is 0 Å². The van der Waals surface area contributed by atoms with E-state index in [2.05, 4.69) is 29.9 Å². The average molecular weight is 233 g/mol. The van der Waals surface area contributed by atoms with Gasteiger partial charge in [-0.3, -0.25) is 0 Å².